The maximum atomic E-state index is 11.4. The Morgan fingerprint density at radius 1 is 1.30 bits per heavy atom. The van der Waals surface area contributed by atoms with Crippen LogP contribution in [0.1, 0.15) is 31.3 Å². The van der Waals surface area contributed by atoms with Crippen LogP contribution in [0.25, 0.3) is 0 Å². The molecule has 0 aliphatic carbocycles. The maximum absolute atomic E-state index is 11.4. The molecule has 2 heterocycles. The molecule has 122 valence electrons. The van der Waals surface area contributed by atoms with Gasteiger partial charge in [0.1, 0.15) is 18.8 Å². The van der Waals surface area contributed by atoms with Crippen molar-refractivity contribution in [2.24, 2.45) is 0 Å². The summed E-state index contributed by atoms with van der Waals surface area (Å²) < 4.78 is 6.83. The molecule has 1 fully saturated rings. The zero-order valence-corrected chi connectivity index (χ0v) is 13.4. The lowest BCUT2D eigenvalue weighted by Gasteiger charge is -2.13. The van der Waals surface area contributed by atoms with Crippen LogP contribution in [-0.2, 0) is 17.8 Å². The van der Waals surface area contributed by atoms with Crippen LogP contribution in [0.2, 0.25) is 0 Å². The van der Waals surface area contributed by atoms with Gasteiger partial charge < -0.3 is 15.0 Å². The molecule has 0 radical (unpaired) electrons. The summed E-state index contributed by atoms with van der Waals surface area (Å²) in [5, 5.41) is 7.57. The third-order valence-corrected chi connectivity index (χ3v) is 3.76. The minimum atomic E-state index is -0.236. The molecule has 1 amide bonds. The number of aromatic nitrogens is 3. The quantitative estimate of drug-likeness (QED) is 0.886. The number of rotatable bonds is 6. The van der Waals surface area contributed by atoms with Gasteiger partial charge >= 0.3 is 6.09 Å². The summed E-state index contributed by atoms with van der Waals surface area (Å²) in [6.45, 7) is 6.50. The van der Waals surface area contributed by atoms with Crippen molar-refractivity contribution in [3.8, 4) is 0 Å². The predicted octanol–water partition coefficient (Wildman–Crippen LogP) is 2.42. The minimum absolute atomic E-state index is 0.236. The van der Waals surface area contributed by atoms with Gasteiger partial charge in [0.05, 0.1) is 13.1 Å². The summed E-state index contributed by atoms with van der Waals surface area (Å²) in [6, 6.07) is 8.33. The molecule has 0 atom stereocenters. The molecule has 0 bridgehead atoms. The lowest BCUT2D eigenvalue weighted by atomic mass is 10.2. The second-order valence-corrected chi connectivity index (χ2v) is 5.80. The summed E-state index contributed by atoms with van der Waals surface area (Å²) in [5.41, 5.74) is 2.09. The zero-order valence-electron chi connectivity index (χ0n) is 13.4. The first-order valence-corrected chi connectivity index (χ1v) is 7.76. The fourth-order valence-corrected chi connectivity index (χ4v) is 2.53. The summed E-state index contributed by atoms with van der Waals surface area (Å²) in [4.78, 5) is 17.4. The molecular formula is C16H21N5O2. The van der Waals surface area contributed by atoms with Crippen LogP contribution in [-0.4, -0.2) is 38.9 Å². The average molecular weight is 315 g/mol. The topological polar surface area (TPSA) is 72.3 Å². The molecule has 7 heteroatoms. The van der Waals surface area contributed by atoms with Crippen LogP contribution in [0, 0.1) is 0 Å². The van der Waals surface area contributed by atoms with Crippen LogP contribution in [0.3, 0.4) is 0 Å². The van der Waals surface area contributed by atoms with Gasteiger partial charge in [0.15, 0.2) is 0 Å². The Kier molecular flexibility index (Phi) is 4.45. The highest BCUT2D eigenvalue weighted by atomic mass is 16.6. The van der Waals surface area contributed by atoms with Gasteiger partial charge in [-0.05, 0) is 31.5 Å². The third-order valence-electron chi connectivity index (χ3n) is 3.76. The first-order chi connectivity index (χ1) is 11.1. The van der Waals surface area contributed by atoms with Gasteiger partial charge in [-0.25, -0.2) is 14.5 Å². The van der Waals surface area contributed by atoms with Crippen LogP contribution in [0.15, 0.2) is 30.6 Å². The van der Waals surface area contributed by atoms with Gasteiger partial charge in [-0.1, -0.05) is 12.1 Å². The molecule has 7 nitrogen and oxygen atoms in total. The van der Waals surface area contributed by atoms with Crippen molar-refractivity contribution in [1.82, 2.24) is 19.7 Å². The first-order valence-electron chi connectivity index (χ1n) is 7.76. The van der Waals surface area contributed by atoms with Crippen molar-refractivity contribution in [3.63, 3.8) is 0 Å². The molecule has 1 aromatic heterocycles. The van der Waals surface area contributed by atoms with Crippen molar-refractivity contribution >= 4 is 11.8 Å². The molecule has 1 aliphatic heterocycles. The van der Waals surface area contributed by atoms with Crippen molar-refractivity contribution in [3.05, 3.63) is 42.0 Å². The Morgan fingerprint density at radius 3 is 2.74 bits per heavy atom. The number of amides is 1. The van der Waals surface area contributed by atoms with E-state index in [1.807, 2.05) is 28.9 Å². The van der Waals surface area contributed by atoms with E-state index in [1.165, 1.54) is 0 Å². The number of hydrogen-bond donors (Lipinski definition) is 1. The Labute approximate surface area is 135 Å². The van der Waals surface area contributed by atoms with Crippen molar-refractivity contribution < 1.29 is 9.53 Å². The molecule has 0 spiro atoms. The van der Waals surface area contributed by atoms with E-state index in [1.54, 1.807) is 11.2 Å². The van der Waals surface area contributed by atoms with E-state index in [9.17, 15) is 4.79 Å². The Hall–Kier alpha value is -2.57. The second kappa shape index (κ2) is 6.68. The van der Waals surface area contributed by atoms with Gasteiger partial charge in [-0.2, -0.15) is 5.10 Å². The Bertz CT molecular complexity index is 665. The van der Waals surface area contributed by atoms with Crippen LogP contribution < -0.4 is 5.32 Å². The fourth-order valence-electron chi connectivity index (χ4n) is 2.53. The number of nitrogens with one attached hydrogen (secondary N) is 1. The molecular weight excluding hydrogens is 294 g/mol. The molecule has 1 aromatic carbocycles. The summed E-state index contributed by atoms with van der Waals surface area (Å²) >= 11 is 0. The van der Waals surface area contributed by atoms with Crippen molar-refractivity contribution in [1.29, 1.82) is 0 Å². The van der Waals surface area contributed by atoms with E-state index < -0.39 is 0 Å². The first kappa shape index (κ1) is 15.3. The number of carbonyl (C=O) groups is 1. The number of hydrogen-bond acceptors (Lipinski definition) is 5. The molecule has 1 saturated heterocycles. The second-order valence-electron chi connectivity index (χ2n) is 5.80. The standard InChI is InChI=1S/C16H21N5O2/c1-12(2)21-15(18-11-19-21)9-17-14-5-3-13(4-6-14)10-20-7-8-23-16(20)22/h3-6,11-12,17H,7-10H2,1-2H3. The van der Waals surface area contributed by atoms with E-state index in [0.29, 0.717) is 26.2 Å². The molecule has 0 unspecified atom stereocenters. The van der Waals surface area contributed by atoms with Crippen LogP contribution in [0.4, 0.5) is 10.5 Å². The predicted molar refractivity (Wildman–Crippen MR) is 85.9 cm³/mol. The number of cyclic esters (lactones) is 1. The maximum Gasteiger partial charge on any atom is 0.410 e. The number of anilines is 1. The Morgan fingerprint density at radius 2 is 2.09 bits per heavy atom. The number of carbonyl (C=O) groups excluding carboxylic acids is 1. The highest BCUT2D eigenvalue weighted by molar-refractivity contribution is 5.69. The number of ether oxygens (including phenoxy) is 1. The van der Waals surface area contributed by atoms with Gasteiger partial charge in [0.2, 0.25) is 0 Å². The fraction of sp³-hybridized carbons (Fsp3) is 0.438. The van der Waals surface area contributed by atoms with Crippen molar-refractivity contribution in [2.45, 2.75) is 33.0 Å². The van der Waals surface area contributed by atoms with E-state index in [4.69, 9.17) is 4.74 Å². The SMILES string of the molecule is CC(C)n1ncnc1CNc1ccc(CN2CCOC2=O)cc1. The van der Waals surface area contributed by atoms with Gasteiger partial charge in [-0.3, -0.25) is 0 Å². The van der Waals surface area contributed by atoms with Gasteiger partial charge in [0.25, 0.3) is 0 Å². The molecule has 1 N–H and O–H groups in total. The van der Waals surface area contributed by atoms with Crippen molar-refractivity contribution in [2.75, 3.05) is 18.5 Å². The monoisotopic (exact) mass is 315 g/mol. The number of nitrogens with zero attached hydrogens (tertiary/aromatic N) is 4. The average Bonchev–Trinajstić information content (AvgIpc) is 3.16. The highest BCUT2D eigenvalue weighted by Gasteiger charge is 2.21. The highest BCUT2D eigenvalue weighted by Crippen LogP contribution is 2.15. The van der Waals surface area contributed by atoms with E-state index in [-0.39, 0.29) is 12.1 Å². The Balaban J connectivity index is 1.57. The minimum Gasteiger partial charge on any atom is -0.448 e. The molecule has 3 rings (SSSR count). The molecule has 23 heavy (non-hydrogen) atoms. The van der Waals surface area contributed by atoms with E-state index in [2.05, 4.69) is 29.2 Å². The molecule has 0 saturated carbocycles. The summed E-state index contributed by atoms with van der Waals surface area (Å²) in [5.74, 6) is 0.906. The molecule has 2 aromatic rings. The largest absolute Gasteiger partial charge is 0.448 e. The van der Waals surface area contributed by atoms with Crippen LogP contribution >= 0.6 is 0 Å². The molecule has 1 aliphatic rings. The lowest BCUT2D eigenvalue weighted by Crippen LogP contribution is -2.23. The van der Waals surface area contributed by atoms with E-state index >= 15 is 0 Å². The van der Waals surface area contributed by atoms with E-state index in [0.717, 1.165) is 17.1 Å². The smallest absolute Gasteiger partial charge is 0.410 e. The van der Waals surface area contributed by atoms with Gasteiger partial charge in [-0.15, -0.1) is 0 Å². The number of benzene rings is 1. The summed E-state index contributed by atoms with van der Waals surface area (Å²) in [7, 11) is 0. The lowest BCUT2D eigenvalue weighted by molar-refractivity contribution is 0.157. The van der Waals surface area contributed by atoms with Crippen LogP contribution in [0.5, 0.6) is 0 Å². The summed E-state index contributed by atoms with van der Waals surface area (Å²) in [6.07, 6.45) is 1.34. The third kappa shape index (κ3) is 3.61. The normalized spacial score (nSPS) is 14.4. The zero-order chi connectivity index (χ0) is 16.2. The van der Waals surface area contributed by atoms with Gasteiger partial charge in [0, 0.05) is 18.3 Å².